The maximum absolute atomic E-state index is 12.3. The highest BCUT2D eigenvalue weighted by Crippen LogP contribution is 2.14. The summed E-state index contributed by atoms with van der Waals surface area (Å²) in [4.78, 5) is 26.2. The van der Waals surface area contributed by atoms with Crippen molar-refractivity contribution in [3.63, 3.8) is 0 Å². The number of carbonyl (C=O) groups excluding carboxylic acids is 1. The van der Waals surface area contributed by atoms with Crippen LogP contribution in [0.25, 0.3) is 5.82 Å². The third-order valence-corrected chi connectivity index (χ3v) is 3.19. The number of hydrogen-bond donors (Lipinski definition) is 1. The van der Waals surface area contributed by atoms with Gasteiger partial charge in [-0.05, 0) is 24.3 Å². The number of nitrogens with zero attached hydrogens (tertiary/aromatic N) is 6. The van der Waals surface area contributed by atoms with Crippen molar-refractivity contribution in [3.8, 4) is 5.82 Å². The van der Waals surface area contributed by atoms with Crippen molar-refractivity contribution in [2.75, 3.05) is 24.3 Å². The summed E-state index contributed by atoms with van der Waals surface area (Å²) in [5.74, 6) is 0.682. The van der Waals surface area contributed by atoms with Gasteiger partial charge in [0.1, 0.15) is 24.8 Å². The van der Waals surface area contributed by atoms with Crippen molar-refractivity contribution in [2.24, 2.45) is 0 Å². The third-order valence-electron chi connectivity index (χ3n) is 3.19. The van der Waals surface area contributed by atoms with E-state index in [0.717, 1.165) is 5.69 Å². The minimum atomic E-state index is -0.237. The lowest BCUT2D eigenvalue weighted by Crippen LogP contribution is -2.14. The Morgan fingerprint density at radius 1 is 1.13 bits per heavy atom. The molecule has 0 bridgehead atoms. The lowest BCUT2D eigenvalue weighted by molar-refractivity contribution is 0.102. The van der Waals surface area contributed by atoms with Gasteiger partial charge in [-0.15, -0.1) is 0 Å². The molecule has 116 valence electrons. The standard InChI is InChI=1S/C15H15N7O/c1-21(2)12-5-3-11(4-6-12)15(23)20-13-7-14(18-9-17-13)22-10-16-8-19-22/h3-10H,1-2H3,(H,17,18,20,23). The molecule has 3 rings (SSSR count). The van der Waals surface area contributed by atoms with Crippen LogP contribution in [0.3, 0.4) is 0 Å². The first-order valence-electron chi connectivity index (χ1n) is 6.89. The second-order valence-corrected chi connectivity index (χ2v) is 5.00. The molecule has 23 heavy (non-hydrogen) atoms. The topological polar surface area (TPSA) is 88.8 Å². The van der Waals surface area contributed by atoms with Crippen molar-refractivity contribution in [3.05, 3.63) is 54.9 Å². The van der Waals surface area contributed by atoms with Crippen LogP contribution in [-0.4, -0.2) is 44.7 Å². The fraction of sp³-hybridized carbons (Fsp3) is 0.133. The molecule has 0 saturated carbocycles. The number of nitrogens with one attached hydrogen (secondary N) is 1. The van der Waals surface area contributed by atoms with Crippen molar-refractivity contribution < 1.29 is 4.79 Å². The Labute approximate surface area is 132 Å². The maximum atomic E-state index is 12.3. The van der Waals surface area contributed by atoms with Crippen molar-refractivity contribution >= 4 is 17.4 Å². The quantitative estimate of drug-likeness (QED) is 0.783. The Bertz CT molecular complexity index is 797. The second kappa shape index (κ2) is 6.22. The van der Waals surface area contributed by atoms with Gasteiger partial charge in [0.2, 0.25) is 0 Å². The lowest BCUT2D eigenvalue weighted by atomic mass is 10.2. The van der Waals surface area contributed by atoms with Gasteiger partial charge in [0.25, 0.3) is 5.91 Å². The van der Waals surface area contributed by atoms with Crippen molar-refractivity contribution in [2.45, 2.75) is 0 Å². The first kappa shape index (κ1) is 14.6. The van der Waals surface area contributed by atoms with Gasteiger partial charge in [-0.2, -0.15) is 5.10 Å². The van der Waals surface area contributed by atoms with Crippen LogP contribution in [0.2, 0.25) is 0 Å². The lowest BCUT2D eigenvalue weighted by Gasteiger charge is -2.12. The van der Waals surface area contributed by atoms with Gasteiger partial charge in [-0.25, -0.2) is 19.6 Å². The molecule has 0 fully saturated rings. The van der Waals surface area contributed by atoms with Gasteiger partial charge in [0.05, 0.1) is 0 Å². The molecule has 0 unspecified atom stereocenters. The summed E-state index contributed by atoms with van der Waals surface area (Å²) in [6.07, 6.45) is 4.29. The molecule has 1 N–H and O–H groups in total. The number of aromatic nitrogens is 5. The molecule has 0 radical (unpaired) electrons. The summed E-state index contributed by atoms with van der Waals surface area (Å²) in [6.45, 7) is 0. The van der Waals surface area contributed by atoms with Gasteiger partial charge in [0, 0.05) is 31.4 Å². The molecule has 2 heterocycles. The summed E-state index contributed by atoms with van der Waals surface area (Å²) in [6, 6.07) is 8.93. The van der Waals surface area contributed by atoms with E-state index in [4.69, 9.17) is 0 Å². The van der Waals surface area contributed by atoms with Crippen LogP contribution in [0.15, 0.2) is 49.3 Å². The normalized spacial score (nSPS) is 10.3. The molecular formula is C15H15N7O. The Kier molecular flexibility index (Phi) is 3.96. The van der Waals surface area contributed by atoms with Gasteiger partial charge in [-0.1, -0.05) is 0 Å². The van der Waals surface area contributed by atoms with E-state index in [1.165, 1.54) is 23.7 Å². The highest BCUT2D eigenvalue weighted by atomic mass is 16.1. The van der Waals surface area contributed by atoms with Crippen LogP contribution in [0, 0.1) is 0 Å². The molecule has 1 aromatic carbocycles. The van der Waals surface area contributed by atoms with Crippen LogP contribution in [0.5, 0.6) is 0 Å². The Morgan fingerprint density at radius 3 is 2.57 bits per heavy atom. The van der Waals surface area contributed by atoms with Gasteiger partial charge in [0.15, 0.2) is 5.82 Å². The van der Waals surface area contributed by atoms with E-state index in [9.17, 15) is 4.79 Å². The zero-order chi connectivity index (χ0) is 16.2. The molecule has 2 aromatic heterocycles. The smallest absolute Gasteiger partial charge is 0.256 e. The SMILES string of the molecule is CN(C)c1ccc(C(=O)Nc2cc(-n3cncn3)ncn2)cc1. The van der Waals surface area contributed by atoms with Gasteiger partial charge < -0.3 is 10.2 Å². The van der Waals surface area contributed by atoms with Gasteiger partial charge >= 0.3 is 0 Å². The minimum absolute atomic E-state index is 0.237. The average molecular weight is 309 g/mol. The number of hydrogen-bond acceptors (Lipinski definition) is 6. The Morgan fingerprint density at radius 2 is 1.91 bits per heavy atom. The summed E-state index contributed by atoms with van der Waals surface area (Å²) >= 11 is 0. The number of amides is 1. The molecule has 0 spiro atoms. The molecule has 0 atom stereocenters. The largest absolute Gasteiger partial charge is 0.378 e. The number of rotatable bonds is 4. The molecule has 8 heteroatoms. The average Bonchev–Trinajstić information content (AvgIpc) is 3.10. The van der Waals surface area contributed by atoms with Crippen LogP contribution < -0.4 is 10.2 Å². The molecule has 0 saturated heterocycles. The highest BCUT2D eigenvalue weighted by Gasteiger charge is 2.09. The fourth-order valence-electron chi connectivity index (χ4n) is 1.97. The van der Waals surface area contributed by atoms with Crippen LogP contribution in [0.4, 0.5) is 11.5 Å². The van der Waals surface area contributed by atoms with E-state index in [1.54, 1.807) is 18.2 Å². The number of benzene rings is 1. The first-order valence-corrected chi connectivity index (χ1v) is 6.89. The molecule has 3 aromatic rings. The van der Waals surface area contributed by atoms with E-state index < -0.39 is 0 Å². The Balaban J connectivity index is 1.76. The van der Waals surface area contributed by atoms with E-state index in [1.807, 2.05) is 31.1 Å². The van der Waals surface area contributed by atoms with Crippen molar-refractivity contribution in [1.82, 2.24) is 24.7 Å². The van der Waals surface area contributed by atoms with Crippen LogP contribution in [0.1, 0.15) is 10.4 Å². The van der Waals surface area contributed by atoms with E-state index in [-0.39, 0.29) is 5.91 Å². The molecule has 0 aliphatic heterocycles. The van der Waals surface area contributed by atoms with Crippen LogP contribution >= 0.6 is 0 Å². The predicted molar refractivity (Wildman–Crippen MR) is 85.7 cm³/mol. The summed E-state index contributed by atoms with van der Waals surface area (Å²) < 4.78 is 1.49. The second-order valence-electron chi connectivity index (χ2n) is 5.00. The van der Waals surface area contributed by atoms with E-state index >= 15 is 0 Å². The highest BCUT2D eigenvalue weighted by molar-refractivity contribution is 6.04. The number of carbonyl (C=O) groups is 1. The maximum Gasteiger partial charge on any atom is 0.256 e. The van der Waals surface area contributed by atoms with Gasteiger partial charge in [-0.3, -0.25) is 4.79 Å². The van der Waals surface area contributed by atoms with Crippen molar-refractivity contribution in [1.29, 1.82) is 0 Å². The fourth-order valence-corrected chi connectivity index (χ4v) is 1.97. The summed E-state index contributed by atoms with van der Waals surface area (Å²) in [5.41, 5.74) is 1.58. The van der Waals surface area contributed by atoms with Crippen LogP contribution in [-0.2, 0) is 0 Å². The minimum Gasteiger partial charge on any atom is -0.378 e. The molecule has 8 nitrogen and oxygen atoms in total. The number of anilines is 2. The molecule has 0 aliphatic carbocycles. The summed E-state index contributed by atoms with van der Waals surface area (Å²) in [5, 5.41) is 6.73. The predicted octanol–water partition coefficient (Wildman–Crippen LogP) is 1.38. The zero-order valence-corrected chi connectivity index (χ0v) is 12.7. The Hall–Kier alpha value is -3.29. The molecular weight excluding hydrogens is 294 g/mol. The third kappa shape index (κ3) is 3.31. The molecule has 1 amide bonds. The van der Waals surface area contributed by atoms with E-state index in [2.05, 4.69) is 25.4 Å². The summed E-state index contributed by atoms with van der Waals surface area (Å²) in [7, 11) is 3.89. The monoisotopic (exact) mass is 309 g/mol. The zero-order valence-electron chi connectivity index (χ0n) is 12.7. The first-order chi connectivity index (χ1) is 11.1. The molecule has 0 aliphatic rings. The van der Waals surface area contributed by atoms with E-state index in [0.29, 0.717) is 17.2 Å².